The maximum Gasteiger partial charge on any atom is 0.408 e. The summed E-state index contributed by atoms with van der Waals surface area (Å²) in [6, 6.07) is 15.6. The van der Waals surface area contributed by atoms with E-state index in [4.69, 9.17) is 4.74 Å². The lowest BCUT2D eigenvalue weighted by atomic mass is 10.1. The molecule has 3 aromatic rings. The van der Waals surface area contributed by atoms with Gasteiger partial charge >= 0.3 is 12.2 Å². The van der Waals surface area contributed by atoms with Crippen molar-refractivity contribution < 1.29 is 29.3 Å². The van der Waals surface area contributed by atoms with Crippen LogP contribution in [0.15, 0.2) is 60.8 Å². The third kappa shape index (κ3) is 6.21. The van der Waals surface area contributed by atoms with E-state index in [9.17, 15) is 24.6 Å². The molecule has 4 N–H and O–H groups in total. The minimum absolute atomic E-state index is 0.00956. The Kier molecular flexibility index (Phi) is 7.92. The third-order valence-electron chi connectivity index (χ3n) is 6.80. The predicted octanol–water partition coefficient (Wildman–Crippen LogP) is 3.00. The van der Waals surface area contributed by atoms with Gasteiger partial charge in [-0.25, -0.2) is 19.6 Å². The molecule has 1 aromatic heterocycles. The van der Waals surface area contributed by atoms with Crippen LogP contribution in [0.2, 0.25) is 0 Å². The zero-order valence-corrected chi connectivity index (χ0v) is 21.6. The number of carboxylic acid groups (broad SMARTS) is 2. The van der Waals surface area contributed by atoms with Crippen LogP contribution >= 0.6 is 0 Å². The first-order chi connectivity index (χ1) is 19.4. The van der Waals surface area contributed by atoms with Crippen LogP contribution in [-0.4, -0.2) is 100 Å². The van der Waals surface area contributed by atoms with E-state index >= 15 is 0 Å². The van der Waals surface area contributed by atoms with E-state index in [0.717, 1.165) is 53.0 Å². The smallest absolute Gasteiger partial charge is 0.408 e. The number of morpholine rings is 1. The molecule has 40 heavy (non-hydrogen) atoms. The van der Waals surface area contributed by atoms with Crippen molar-refractivity contribution in [3.8, 4) is 11.3 Å². The standard InChI is InChI=1S/C27H29N7O6/c35-24(23-17-33(26(36)37)11-12-34(23)27(38)39)29-19-3-1-18(2-4-19)22-9-10-28-25(31-22)30-20-5-7-21(8-6-20)32-13-15-40-16-14-32/h1-10,23H,11-17H2,(H,29,35)(H,36,37)(H,38,39)(H,28,30,31)/t23-/m1/s1. The topological polar surface area (TPSA) is 160 Å². The Morgan fingerprint density at radius 2 is 1.55 bits per heavy atom. The van der Waals surface area contributed by atoms with Crippen molar-refractivity contribution in [2.45, 2.75) is 6.04 Å². The van der Waals surface area contributed by atoms with Crippen LogP contribution < -0.4 is 15.5 Å². The SMILES string of the molecule is O=C(Nc1ccc(-c2ccnc(Nc3ccc(N4CCOCC4)cc3)n2)cc1)[C@H]1CN(C(=O)O)CCN1C(=O)O. The van der Waals surface area contributed by atoms with E-state index in [-0.39, 0.29) is 19.6 Å². The van der Waals surface area contributed by atoms with Gasteiger partial charge in [-0.05, 0) is 42.5 Å². The average molecular weight is 548 g/mol. The highest BCUT2D eigenvalue weighted by molar-refractivity contribution is 5.97. The molecule has 0 radical (unpaired) electrons. The molecule has 13 heteroatoms. The quantitative estimate of drug-likeness (QED) is 0.361. The molecule has 13 nitrogen and oxygen atoms in total. The van der Waals surface area contributed by atoms with Gasteiger partial charge in [-0.2, -0.15) is 0 Å². The van der Waals surface area contributed by atoms with E-state index in [0.29, 0.717) is 17.3 Å². The Morgan fingerprint density at radius 3 is 2.23 bits per heavy atom. The minimum atomic E-state index is -1.28. The van der Waals surface area contributed by atoms with Crippen LogP contribution in [0.1, 0.15) is 0 Å². The van der Waals surface area contributed by atoms with E-state index in [1.165, 1.54) is 0 Å². The van der Waals surface area contributed by atoms with Gasteiger partial charge in [0.15, 0.2) is 0 Å². The number of carbonyl (C=O) groups excluding carboxylic acids is 1. The van der Waals surface area contributed by atoms with Gasteiger partial charge in [-0.15, -0.1) is 0 Å². The minimum Gasteiger partial charge on any atom is -0.465 e. The number of anilines is 4. The summed E-state index contributed by atoms with van der Waals surface area (Å²) in [5, 5.41) is 24.6. The molecular formula is C27H29N7O6. The third-order valence-corrected chi connectivity index (χ3v) is 6.80. The summed E-state index contributed by atoms with van der Waals surface area (Å²) < 4.78 is 5.41. The maximum atomic E-state index is 12.9. The average Bonchev–Trinajstić information content (AvgIpc) is 2.98. The van der Waals surface area contributed by atoms with Crippen LogP contribution in [-0.2, 0) is 9.53 Å². The number of benzene rings is 2. The van der Waals surface area contributed by atoms with Crippen molar-refractivity contribution in [3.05, 3.63) is 60.8 Å². The first-order valence-corrected chi connectivity index (χ1v) is 12.8. The zero-order valence-electron chi connectivity index (χ0n) is 21.6. The summed E-state index contributed by atoms with van der Waals surface area (Å²) >= 11 is 0. The van der Waals surface area contributed by atoms with Crippen molar-refractivity contribution in [1.82, 2.24) is 19.8 Å². The highest BCUT2D eigenvalue weighted by Gasteiger charge is 2.37. The number of amides is 3. The Balaban J connectivity index is 1.23. The second kappa shape index (κ2) is 11.9. The number of rotatable bonds is 6. The van der Waals surface area contributed by atoms with Crippen LogP contribution in [0.5, 0.6) is 0 Å². The molecular weight excluding hydrogens is 518 g/mol. The number of nitrogens with zero attached hydrogens (tertiary/aromatic N) is 5. The summed E-state index contributed by atoms with van der Waals surface area (Å²) in [4.78, 5) is 49.0. The molecule has 2 aliphatic rings. The lowest BCUT2D eigenvalue weighted by molar-refractivity contribution is -0.122. The van der Waals surface area contributed by atoms with Crippen LogP contribution in [0.4, 0.5) is 32.6 Å². The first-order valence-electron chi connectivity index (χ1n) is 12.8. The molecule has 0 aliphatic carbocycles. The molecule has 2 fully saturated rings. The molecule has 2 saturated heterocycles. The van der Waals surface area contributed by atoms with Crippen molar-refractivity contribution in [2.75, 3.05) is 61.5 Å². The zero-order chi connectivity index (χ0) is 28.1. The van der Waals surface area contributed by atoms with Crippen molar-refractivity contribution in [2.24, 2.45) is 0 Å². The summed E-state index contributed by atoms with van der Waals surface area (Å²) in [6.45, 7) is 2.87. The van der Waals surface area contributed by atoms with Crippen molar-refractivity contribution in [3.63, 3.8) is 0 Å². The molecule has 3 amide bonds. The number of aromatic nitrogens is 2. The molecule has 208 valence electrons. The summed E-state index contributed by atoms with van der Waals surface area (Å²) in [6.07, 6.45) is -0.821. The highest BCUT2D eigenvalue weighted by atomic mass is 16.5. The molecule has 0 unspecified atom stereocenters. The molecule has 2 aliphatic heterocycles. The number of ether oxygens (including phenoxy) is 1. The first kappa shape index (κ1) is 26.7. The summed E-state index contributed by atoms with van der Waals surface area (Å²) in [7, 11) is 0. The highest BCUT2D eigenvalue weighted by Crippen LogP contribution is 2.24. The number of carbonyl (C=O) groups is 3. The van der Waals surface area contributed by atoms with Gasteiger partial charge in [0.25, 0.3) is 0 Å². The number of piperazine rings is 1. The fourth-order valence-corrected chi connectivity index (χ4v) is 4.65. The molecule has 5 rings (SSSR count). The second-order valence-corrected chi connectivity index (χ2v) is 9.32. The number of hydrogen-bond donors (Lipinski definition) is 4. The van der Waals surface area contributed by atoms with Crippen molar-refractivity contribution in [1.29, 1.82) is 0 Å². The van der Waals surface area contributed by atoms with E-state index < -0.39 is 24.1 Å². The van der Waals surface area contributed by atoms with Crippen LogP contribution in [0.3, 0.4) is 0 Å². The normalized spacial score (nSPS) is 17.3. The second-order valence-electron chi connectivity index (χ2n) is 9.32. The van der Waals surface area contributed by atoms with E-state index in [1.54, 1.807) is 36.5 Å². The van der Waals surface area contributed by atoms with Gasteiger partial charge in [-0.3, -0.25) is 9.69 Å². The summed E-state index contributed by atoms with van der Waals surface area (Å²) in [5.74, 6) is -0.169. The van der Waals surface area contributed by atoms with Gasteiger partial charge in [0.1, 0.15) is 6.04 Å². The predicted molar refractivity (Wildman–Crippen MR) is 147 cm³/mol. The van der Waals surface area contributed by atoms with Crippen LogP contribution in [0, 0.1) is 0 Å². The van der Waals surface area contributed by atoms with Crippen molar-refractivity contribution >= 4 is 41.1 Å². The van der Waals surface area contributed by atoms with Gasteiger partial charge in [0.05, 0.1) is 25.5 Å². The fourth-order valence-electron chi connectivity index (χ4n) is 4.65. The molecule has 0 spiro atoms. The monoisotopic (exact) mass is 547 g/mol. The van der Waals surface area contributed by atoms with Gasteiger partial charge in [-0.1, -0.05) is 12.1 Å². The Hall–Kier alpha value is -4.91. The van der Waals surface area contributed by atoms with E-state index in [2.05, 4.69) is 25.5 Å². The molecule has 2 aromatic carbocycles. The van der Waals surface area contributed by atoms with Gasteiger partial charge in [0.2, 0.25) is 11.9 Å². The molecule has 1 atom stereocenters. The Morgan fingerprint density at radius 1 is 0.850 bits per heavy atom. The number of nitrogens with one attached hydrogen (secondary N) is 2. The Labute approximate surface area is 230 Å². The fraction of sp³-hybridized carbons (Fsp3) is 0.296. The summed E-state index contributed by atoms with van der Waals surface area (Å²) in [5.41, 5.74) is 3.88. The Bertz CT molecular complexity index is 1360. The van der Waals surface area contributed by atoms with Crippen LogP contribution in [0.25, 0.3) is 11.3 Å². The lowest BCUT2D eigenvalue weighted by Crippen LogP contribution is -2.60. The molecule has 3 heterocycles. The van der Waals surface area contributed by atoms with E-state index in [1.807, 2.05) is 24.3 Å². The van der Waals surface area contributed by atoms with Gasteiger partial charge in [0, 0.05) is 55.0 Å². The number of hydrogen-bond acceptors (Lipinski definition) is 8. The molecule has 0 saturated carbocycles. The maximum absolute atomic E-state index is 12.9. The molecule has 0 bridgehead atoms. The lowest BCUT2D eigenvalue weighted by Gasteiger charge is -2.37. The largest absolute Gasteiger partial charge is 0.465 e. The van der Waals surface area contributed by atoms with Gasteiger partial charge < -0.3 is 35.4 Å².